The van der Waals surface area contributed by atoms with E-state index in [-0.39, 0.29) is 48.2 Å². The number of aromatic hydroxyl groups is 2. The molecule has 9 nitrogen and oxygen atoms in total. The highest BCUT2D eigenvalue weighted by Gasteiger charge is 2.76. The molecule has 0 radical (unpaired) electrons. The second kappa shape index (κ2) is 11.1. The number of phenols is 2. The number of carbonyl (C=O) groups is 4. The van der Waals surface area contributed by atoms with E-state index in [1.165, 1.54) is 48.4 Å². The molecule has 2 aliphatic heterocycles. The molecule has 1 saturated carbocycles. The van der Waals surface area contributed by atoms with Crippen LogP contribution in [0.5, 0.6) is 17.2 Å². The molecule has 242 valence electrons. The van der Waals surface area contributed by atoms with Crippen LogP contribution in [0.25, 0.3) is 0 Å². The number of alkyl halides is 2. The predicted molar refractivity (Wildman–Crippen MR) is 170 cm³/mol. The Kier molecular flexibility index (Phi) is 7.37. The van der Waals surface area contributed by atoms with Crippen molar-refractivity contribution >= 4 is 52.5 Å². The summed E-state index contributed by atoms with van der Waals surface area (Å²) in [5.74, 6) is -6.31. The monoisotopic (exact) mass is 678 g/mol. The van der Waals surface area contributed by atoms with Crippen molar-refractivity contribution in [2.75, 3.05) is 18.6 Å². The summed E-state index contributed by atoms with van der Waals surface area (Å²) in [4.78, 5) is 54.4. The van der Waals surface area contributed by atoms with Gasteiger partial charge in [0.1, 0.15) is 11.6 Å². The normalized spacial score (nSPS) is 29.8. The highest BCUT2D eigenvalue weighted by molar-refractivity contribution is 6.58. The molecule has 0 unspecified atom stereocenters. The predicted octanol–water partition coefficient (Wildman–Crippen LogP) is 5.05. The van der Waals surface area contributed by atoms with Gasteiger partial charge in [0.15, 0.2) is 21.2 Å². The van der Waals surface area contributed by atoms with Gasteiger partial charge in [0.25, 0.3) is 11.8 Å². The highest BCUT2D eigenvalue weighted by atomic mass is 35.5. The molecular weight excluding hydrogens is 650 g/mol. The largest absolute Gasteiger partial charge is 0.508 e. The minimum absolute atomic E-state index is 0.0783. The van der Waals surface area contributed by atoms with E-state index in [0.717, 1.165) is 22.6 Å². The molecule has 0 spiro atoms. The molecular formula is C35H29Cl2FN2O7. The number of ether oxygens (including phenoxy) is 1. The summed E-state index contributed by atoms with van der Waals surface area (Å²) < 4.78 is 19.1. The first-order valence-electron chi connectivity index (χ1n) is 15.1. The van der Waals surface area contributed by atoms with Gasteiger partial charge in [-0.05, 0) is 84.8 Å². The lowest BCUT2D eigenvalue weighted by Gasteiger charge is -2.50. The summed E-state index contributed by atoms with van der Waals surface area (Å²) >= 11 is 14.7. The lowest BCUT2D eigenvalue weighted by atomic mass is 9.56. The van der Waals surface area contributed by atoms with Crippen molar-refractivity contribution in [1.82, 2.24) is 4.90 Å². The smallest absolute Gasteiger partial charge is 0.258 e. The Balaban J connectivity index is 1.32. The van der Waals surface area contributed by atoms with E-state index in [1.807, 2.05) is 6.08 Å². The Morgan fingerprint density at radius 2 is 1.62 bits per heavy atom. The molecule has 12 heteroatoms. The van der Waals surface area contributed by atoms with Gasteiger partial charge in [-0.3, -0.25) is 24.1 Å². The third-order valence-corrected chi connectivity index (χ3v) is 11.5. The average Bonchev–Trinajstić information content (AvgIpc) is 3.38. The SMILES string of the molecule is COc1ccc([C@H]2C3=CC[C@@H]4C(=O)N(CCc5ccc(O)cc5)C(=O)[C@@H]4[C@@H]3C[C@@]3(Cl)C(=O)N(c4ccc(F)cc4)C(=O)[C@@]23Cl)cc1O. The zero-order valence-electron chi connectivity index (χ0n) is 25.0. The van der Waals surface area contributed by atoms with Gasteiger partial charge in [-0.2, -0.15) is 0 Å². The molecule has 2 aliphatic carbocycles. The number of imide groups is 2. The fourth-order valence-electron chi connectivity index (χ4n) is 7.85. The number of hydrogen-bond donors (Lipinski definition) is 2. The Morgan fingerprint density at radius 1 is 0.915 bits per heavy atom. The standard InChI is InChI=1S/C35H29Cl2FN2O7/c1-47-27-13-4-19(16-26(27)42)29-23-11-12-24-28(31(44)39(30(24)43)15-14-18-2-9-22(41)10-3-18)25(23)17-34(36)32(45)40(33(46)35(29,34)37)21-7-5-20(38)6-8-21/h2-11,13,16,24-25,28-29,41-42H,12,14-15,17H2,1H3/t24-,25+,28-,29-,34+,35-/m0/s1. The number of anilines is 1. The zero-order chi connectivity index (χ0) is 33.4. The van der Waals surface area contributed by atoms with Gasteiger partial charge >= 0.3 is 0 Å². The van der Waals surface area contributed by atoms with E-state index in [2.05, 4.69) is 0 Å². The Morgan fingerprint density at radius 3 is 2.28 bits per heavy atom. The molecule has 2 N–H and O–H groups in total. The molecule has 4 aliphatic rings. The summed E-state index contributed by atoms with van der Waals surface area (Å²) in [5.41, 5.74) is 1.85. The number of likely N-dealkylation sites (tertiary alicyclic amines) is 1. The van der Waals surface area contributed by atoms with Gasteiger partial charge in [-0.1, -0.05) is 29.8 Å². The molecule has 2 heterocycles. The molecule has 6 atom stereocenters. The molecule has 4 amide bonds. The third kappa shape index (κ3) is 4.48. The summed E-state index contributed by atoms with van der Waals surface area (Å²) in [6.45, 7) is 0.120. The lowest BCUT2D eigenvalue weighted by molar-refractivity contribution is -0.140. The van der Waals surface area contributed by atoms with Gasteiger partial charge in [0.05, 0.1) is 24.6 Å². The van der Waals surface area contributed by atoms with Crippen molar-refractivity contribution < 1.29 is 38.5 Å². The first-order chi connectivity index (χ1) is 22.4. The zero-order valence-corrected chi connectivity index (χ0v) is 26.5. The number of amides is 4. The van der Waals surface area contributed by atoms with Gasteiger partial charge < -0.3 is 14.9 Å². The van der Waals surface area contributed by atoms with Crippen molar-refractivity contribution in [2.24, 2.45) is 17.8 Å². The molecule has 7 rings (SSSR count). The number of carbonyl (C=O) groups excluding carboxylic acids is 4. The Bertz CT molecular complexity index is 1870. The van der Waals surface area contributed by atoms with Gasteiger partial charge in [-0.25, -0.2) is 9.29 Å². The quantitative estimate of drug-likeness (QED) is 0.212. The molecule has 2 saturated heterocycles. The van der Waals surface area contributed by atoms with Crippen LogP contribution >= 0.6 is 23.2 Å². The average molecular weight is 680 g/mol. The van der Waals surface area contributed by atoms with Crippen molar-refractivity contribution in [1.29, 1.82) is 0 Å². The van der Waals surface area contributed by atoms with Crippen molar-refractivity contribution in [3.63, 3.8) is 0 Å². The summed E-state index contributed by atoms with van der Waals surface area (Å²) in [6, 6.07) is 15.8. The van der Waals surface area contributed by atoms with Crippen LogP contribution in [-0.4, -0.2) is 62.1 Å². The molecule has 3 aromatic rings. The first kappa shape index (κ1) is 31.2. The third-order valence-electron chi connectivity index (χ3n) is 10.1. The second-order valence-corrected chi connectivity index (χ2v) is 13.7. The maximum Gasteiger partial charge on any atom is 0.258 e. The van der Waals surface area contributed by atoms with Gasteiger partial charge in [0, 0.05) is 12.5 Å². The minimum Gasteiger partial charge on any atom is -0.508 e. The number of fused-ring (bicyclic) bond motifs is 4. The fraction of sp³-hybridized carbons (Fsp3) is 0.314. The van der Waals surface area contributed by atoms with E-state index in [4.69, 9.17) is 27.9 Å². The van der Waals surface area contributed by atoms with Gasteiger partial charge in [-0.15, -0.1) is 23.2 Å². The molecule has 0 aromatic heterocycles. The topological polar surface area (TPSA) is 124 Å². The maximum atomic E-state index is 14.4. The van der Waals surface area contributed by atoms with Crippen LogP contribution in [0.1, 0.15) is 29.9 Å². The number of benzene rings is 3. The molecule has 0 bridgehead atoms. The maximum absolute atomic E-state index is 14.4. The van der Waals surface area contributed by atoms with Crippen molar-refractivity contribution in [2.45, 2.75) is 34.9 Å². The van der Waals surface area contributed by atoms with E-state index < -0.39 is 57.0 Å². The summed E-state index contributed by atoms with van der Waals surface area (Å²) in [6.07, 6.45) is 2.17. The van der Waals surface area contributed by atoms with Crippen LogP contribution in [0.2, 0.25) is 0 Å². The van der Waals surface area contributed by atoms with Gasteiger partial charge in [0.2, 0.25) is 11.8 Å². The van der Waals surface area contributed by atoms with Crippen LogP contribution in [0, 0.1) is 23.6 Å². The number of methoxy groups -OCH3 is 1. The number of rotatable bonds is 6. The Labute approximate surface area is 279 Å². The van der Waals surface area contributed by atoms with Crippen LogP contribution in [0.15, 0.2) is 78.4 Å². The van der Waals surface area contributed by atoms with Crippen LogP contribution in [-0.2, 0) is 25.6 Å². The van der Waals surface area contributed by atoms with Crippen LogP contribution in [0.4, 0.5) is 10.1 Å². The van der Waals surface area contributed by atoms with E-state index in [1.54, 1.807) is 18.2 Å². The van der Waals surface area contributed by atoms with E-state index in [9.17, 15) is 33.8 Å². The minimum atomic E-state index is -2.11. The first-order valence-corrected chi connectivity index (χ1v) is 15.9. The van der Waals surface area contributed by atoms with E-state index in [0.29, 0.717) is 17.6 Å². The van der Waals surface area contributed by atoms with E-state index >= 15 is 0 Å². The second-order valence-electron chi connectivity index (χ2n) is 12.4. The fourth-order valence-corrected chi connectivity index (χ4v) is 8.78. The number of nitrogens with zero attached hydrogens (tertiary/aromatic N) is 2. The number of phenolic OH excluding ortho intramolecular Hbond substituents is 2. The number of hydrogen-bond acceptors (Lipinski definition) is 7. The molecule has 3 aromatic carbocycles. The summed E-state index contributed by atoms with van der Waals surface area (Å²) in [7, 11) is 1.39. The van der Waals surface area contributed by atoms with Crippen molar-refractivity contribution in [3.8, 4) is 17.2 Å². The number of allylic oxidation sites excluding steroid dienone is 2. The van der Waals surface area contributed by atoms with Crippen LogP contribution in [0.3, 0.4) is 0 Å². The Hall–Kier alpha value is -4.41. The lowest BCUT2D eigenvalue weighted by Crippen LogP contribution is -2.60. The number of halogens is 3. The summed E-state index contributed by atoms with van der Waals surface area (Å²) in [5, 5.41) is 20.4. The molecule has 3 fully saturated rings. The highest BCUT2D eigenvalue weighted by Crippen LogP contribution is 2.66. The van der Waals surface area contributed by atoms with Crippen molar-refractivity contribution in [3.05, 3.63) is 95.3 Å². The van der Waals surface area contributed by atoms with Crippen LogP contribution < -0.4 is 9.64 Å². The molecule has 47 heavy (non-hydrogen) atoms.